The Morgan fingerprint density at radius 1 is 1.25 bits per heavy atom. The van der Waals surface area contributed by atoms with E-state index >= 15 is 0 Å². The first kappa shape index (κ1) is 18.5. The minimum Gasteiger partial charge on any atom is -0.492 e. The van der Waals surface area contributed by atoms with Crippen LogP contribution in [-0.2, 0) is 4.74 Å². The van der Waals surface area contributed by atoms with Gasteiger partial charge in [-0.05, 0) is 32.9 Å². The first-order chi connectivity index (χ1) is 11.4. The zero-order valence-corrected chi connectivity index (χ0v) is 14.9. The van der Waals surface area contributed by atoms with Crippen LogP contribution in [0.2, 0.25) is 0 Å². The van der Waals surface area contributed by atoms with Gasteiger partial charge in [0.25, 0.3) is 0 Å². The molecule has 1 fully saturated rings. The van der Waals surface area contributed by atoms with Gasteiger partial charge in [-0.3, -0.25) is 4.90 Å². The summed E-state index contributed by atoms with van der Waals surface area (Å²) < 4.78 is 11.2. The van der Waals surface area contributed by atoms with E-state index < -0.39 is 5.60 Å². The van der Waals surface area contributed by atoms with Crippen molar-refractivity contribution in [3.05, 3.63) is 30.3 Å². The van der Waals surface area contributed by atoms with Crippen molar-refractivity contribution in [3.63, 3.8) is 0 Å². The summed E-state index contributed by atoms with van der Waals surface area (Å²) in [6.07, 6.45) is -0.263. The number of nitrogens with two attached hydrogens (primary N) is 1. The van der Waals surface area contributed by atoms with E-state index in [1.165, 1.54) is 0 Å². The number of hydrogen-bond acceptors (Lipinski definition) is 5. The Kier molecular flexibility index (Phi) is 6.45. The summed E-state index contributed by atoms with van der Waals surface area (Å²) in [5.74, 6) is 0.870. The molecule has 134 valence electrons. The summed E-state index contributed by atoms with van der Waals surface area (Å²) in [4.78, 5) is 16.2. The number of para-hydroxylation sites is 1. The van der Waals surface area contributed by atoms with Crippen molar-refractivity contribution < 1.29 is 14.3 Å². The number of ether oxygens (including phenoxy) is 2. The monoisotopic (exact) mass is 335 g/mol. The Morgan fingerprint density at radius 2 is 1.96 bits per heavy atom. The quantitative estimate of drug-likeness (QED) is 0.891. The fourth-order valence-electron chi connectivity index (χ4n) is 2.70. The van der Waals surface area contributed by atoms with Gasteiger partial charge in [0.05, 0.1) is 0 Å². The molecule has 1 saturated heterocycles. The van der Waals surface area contributed by atoms with Crippen LogP contribution >= 0.6 is 0 Å². The van der Waals surface area contributed by atoms with E-state index in [2.05, 4.69) is 4.90 Å². The van der Waals surface area contributed by atoms with Crippen molar-refractivity contribution in [2.75, 3.05) is 39.3 Å². The van der Waals surface area contributed by atoms with E-state index in [0.29, 0.717) is 26.2 Å². The first-order valence-corrected chi connectivity index (χ1v) is 8.49. The summed E-state index contributed by atoms with van der Waals surface area (Å²) in [6, 6.07) is 9.90. The van der Waals surface area contributed by atoms with Crippen LogP contribution in [0.1, 0.15) is 20.8 Å². The van der Waals surface area contributed by atoms with Crippen LogP contribution in [0.4, 0.5) is 4.79 Å². The predicted octanol–water partition coefficient (Wildman–Crippen LogP) is 1.95. The largest absolute Gasteiger partial charge is 0.492 e. The van der Waals surface area contributed by atoms with Gasteiger partial charge in [0, 0.05) is 38.8 Å². The summed E-state index contributed by atoms with van der Waals surface area (Å²) in [7, 11) is 0. The standard InChI is InChI=1S/C18H29N3O3/c1-18(2,3)24-17(22)21-10-9-20(15(13-19)14-21)11-12-23-16-7-5-4-6-8-16/h4-8,15H,9-14,19H2,1-3H3. The van der Waals surface area contributed by atoms with Gasteiger partial charge in [0.2, 0.25) is 0 Å². The second-order valence-corrected chi connectivity index (χ2v) is 7.01. The lowest BCUT2D eigenvalue weighted by molar-refractivity contribution is 0.00322. The second-order valence-electron chi connectivity index (χ2n) is 7.01. The molecule has 1 atom stereocenters. The van der Waals surface area contributed by atoms with Gasteiger partial charge in [-0.15, -0.1) is 0 Å². The van der Waals surface area contributed by atoms with E-state index in [9.17, 15) is 4.79 Å². The molecule has 0 aromatic heterocycles. The lowest BCUT2D eigenvalue weighted by Crippen LogP contribution is -2.58. The van der Waals surface area contributed by atoms with Crippen LogP contribution in [0.5, 0.6) is 5.75 Å². The van der Waals surface area contributed by atoms with Gasteiger partial charge < -0.3 is 20.1 Å². The molecule has 0 radical (unpaired) electrons. The Morgan fingerprint density at radius 3 is 2.58 bits per heavy atom. The smallest absolute Gasteiger partial charge is 0.410 e. The minimum absolute atomic E-state index is 0.130. The molecular weight excluding hydrogens is 306 g/mol. The molecule has 1 aliphatic heterocycles. The van der Waals surface area contributed by atoms with Crippen LogP contribution in [0.15, 0.2) is 30.3 Å². The van der Waals surface area contributed by atoms with Gasteiger partial charge in [-0.2, -0.15) is 0 Å². The third-order valence-corrected chi connectivity index (χ3v) is 3.92. The van der Waals surface area contributed by atoms with E-state index in [1.807, 2.05) is 51.1 Å². The molecule has 2 N–H and O–H groups in total. The van der Waals surface area contributed by atoms with E-state index in [1.54, 1.807) is 4.90 Å². The molecule has 2 rings (SSSR count). The molecule has 24 heavy (non-hydrogen) atoms. The maximum atomic E-state index is 12.2. The topological polar surface area (TPSA) is 68.0 Å². The molecule has 1 heterocycles. The molecule has 1 aliphatic rings. The Bertz CT molecular complexity index is 516. The SMILES string of the molecule is CC(C)(C)OC(=O)N1CCN(CCOc2ccccc2)C(CN)C1. The molecular formula is C18H29N3O3. The molecule has 0 bridgehead atoms. The lowest BCUT2D eigenvalue weighted by atomic mass is 10.1. The highest BCUT2D eigenvalue weighted by Crippen LogP contribution is 2.15. The van der Waals surface area contributed by atoms with Crippen molar-refractivity contribution in [1.29, 1.82) is 0 Å². The summed E-state index contributed by atoms with van der Waals surface area (Å²) in [5.41, 5.74) is 5.43. The number of nitrogens with zero attached hydrogens (tertiary/aromatic N) is 2. The van der Waals surface area contributed by atoms with E-state index in [-0.39, 0.29) is 12.1 Å². The molecule has 0 aliphatic carbocycles. The number of amides is 1. The van der Waals surface area contributed by atoms with E-state index in [4.69, 9.17) is 15.2 Å². The Hall–Kier alpha value is -1.79. The van der Waals surface area contributed by atoms with Crippen LogP contribution in [0.3, 0.4) is 0 Å². The third kappa shape index (κ3) is 5.69. The van der Waals surface area contributed by atoms with Gasteiger partial charge in [-0.25, -0.2) is 4.79 Å². The molecule has 6 nitrogen and oxygen atoms in total. The maximum absolute atomic E-state index is 12.2. The fraction of sp³-hybridized carbons (Fsp3) is 0.611. The highest BCUT2D eigenvalue weighted by molar-refractivity contribution is 5.68. The van der Waals surface area contributed by atoms with Crippen LogP contribution in [0.25, 0.3) is 0 Å². The average Bonchev–Trinajstić information content (AvgIpc) is 2.54. The molecule has 1 unspecified atom stereocenters. The number of hydrogen-bond donors (Lipinski definition) is 1. The number of rotatable bonds is 5. The first-order valence-electron chi connectivity index (χ1n) is 8.49. The molecule has 1 amide bonds. The van der Waals surface area contributed by atoms with Crippen molar-refractivity contribution >= 4 is 6.09 Å². The summed E-state index contributed by atoms with van der Waals surface area (Å²) >= 11 is 0. The minimum atomic E-state index is -0.476. The van der Waals surface area contributed by atoms with Gasteiger partial charge in [0.15, 0.2) is 0 Å². The highest BCUT2D eigenvalue weighted by Gasteiger charge is 2.31. The Labute approximate surface area is 144 Å². The van der Waals surface area contributed by atoms with Crippen molar-refractivity contribution in [2.45, 2.75) is 32.4 Å². The molecule has 0 saturated carbocycles. The number of piperazine rings is 1. The van der Waals surface area contributed by atoms with Crippen LogP contribution < -0.4 is 10.5 Å². The Balaban J connectivity index is 1.81. The molecule has 6 heteroatoms. The van der Waals surface area contributed by atoms with Crippen molar-refractivity contribution in [1.82, 2.24) is 9.80 Å². The fourth-order valence-corrected chi connectivity index (χ4v) is 2.70. The lowest BCUT2D eigenvalue weighted by Gasteiger charge is -2.41. The number of carbonyl (C=O) groups is 1. The predicted molar refractivity (Wildman–Crippen MR) is 94.2 cm³/mol. The molecule has 0 spiro atoms. The van der Waals surface area contributed by atoms with E-state index in [0.717, 1.165) is 18.8 Å². The summed E-state index contributed by atoms with van der Waals surface area (Å²) in [6.45, 7) is 9.55. The van der Waals surface area contributed by atoms with Crippen LogP contribution in [-0.4, -0.2) is 66.9 Å². The molecule has 1 aromatic carbocycles. The van der Waals surface area contributed by atoms with Gasteiger partial charge in [0.1, 0.15) is 18.0 Å². The van der Waals surface area contributed by atoms with Gasteiger partial charge in [-0.1, -0.05) is 18.2 Å². The zero-order chi connectivity index (χ0) is 17.6. The number of carbonyl (C=O) groups excluding carboxylic acids is 1. The zero-order valence-electron chi connectivity index (χ0n) is 14.9. The van der Waals surface area contributed by atoms with Crippen molar-refractivity contribution in [2.24, 2.45) is 5.73 Å². The van der Waals surface area contributed by atoms with Gasteiger partial charge >= 0.3 is 6.09 Å². The maximum Gasteiger partial charge on any atom is 0.410 e. The second kappa shape index (κ2) is 8.35. The summed E-state index contributed by atoms with van der Waals surface area (Å²) in [5, 5.41) is 0. The normalized spacial score (nSPS) is 19.2. The number of benzene rings is 1. The highest BCUT2D eigenvalue weighted by atomic mass is 16.6. The van der Waals surface area contributed by atoms with Crippen LogP contribution in [0, 0.1) is 0 Å². The van der Waals surface area contributed by atoms with Crippen molar-refractivity contribution in [3.8, 4) is 5.75 Å². The molecule has 1 aromatic rings. The average molecular weight is 335 g/mol. The third-order valence-electron chi connectivity index (χ3n) is 3.92.